The molecule has 0 bridgehead atoms. The van der Waals surface area contributed by atoms with E-state index >= 15 is 0 Å². The Morgan fingerprint density at radius 3 is 1.28 bits per heavy atom. The van der Waals surface area contributed by atoms with E-state index in [1.54, 1.807) is 0 Å². The Hall–Kier alpha value is 0.720. The third kappa shape index (κ3) is 29.7. The first-order valence-electron chi connectivity index (χ1n) is 6.77. The molecule has 0 rings (SSSR count). The van der Waals surface area contributed by atoms with Crippen molar-refractivity contribution < 1.29 is 35.5 Å². The quantitative estimate of drug-likeness (QED) is 0.200. The third-order valence-corrected chi connectivity index (χ3v) is 4.78. The van der Waals surface area contributed by atoms with Gasteiger partial charge in [-0.1, -0.05) is 26.7 Å². The first-order valence-corrected chi connectivity index (χ1v) is 12.3. The van der Waals surface area contributed by atoms with Crippen molar-refractivity contribution in [2.45, 2.75) is 52.4 Å². The van der Waals surface area contributed by atoms with Gasteiger partial charge >= 0.3 is 37.7 Å². The smallest absolute Gasteiger partial charge is 0.738 e. The molecule has 0 fully saturated rings. The van der Waals surface area contributed by atoms with Crippen LogP contribution in [0.3, 0.4) is 0 Å². The van der Waals surface area contributed by atoms with Crippen LogP contribution in [0.4, 0.5) is 0 Å². The van der Waals surface area contributed by atoms with Crippen molar-refractivity contribution in [3.63, 3.8) is 0 Å². The number of carbonyl (C=O) groups is 2. The van der Waals surface area contributed by atoms with E-state index in [9.17, 15) is 35.5 Å². The van der Waals surface area contributed by atoms with E-state index in [2.05, 4.69) is 0 Å². The van der Waals surface area contributed by atoms with E-state index in [4.69, 9.17) is 0 Å². The van der Waals surface area contributed by atoms with Crippen molar-refractivity contribution >= 4 is 89.8 Å². The molecule has 10 nitrogen and oxygen atoms in total. The standard InChI is InChI=1S/2C5H11NO4S2.Ca/c2*1-2-3-4-5(7)6-11-12(8,9)10;/h2*2-4H2,1H3,(H,6,7)(H,8,9,10);/q;;+2/p-2. The largest absolute Gasteiger partial charge is 2.00 e. The van der Waals surface area contributed by atoms with Gasteiger partial charge in [0.1, 0.15) is 0 Å². The van der Waals surface area contributed by atoms with E-state index < -0.39 is 30.1 Å². The fraction of sp³-hybridized carbons (Fsp3) is 0.800. The predicted octanol–water partition coefficient (Wildman–Crippen LogP) is 0.422. The van der Waals surface area contributed by atoms with E-state index in [1.807, 2.05) is 23.3 Å². The maximum absolute atomic E-state index is 10.7. The Bertz CT molecular complexity index is 530. The molecule has 0 saturated carbocycles. The van der Waals surface area contributed by atoms with Crippen LogP contribution in [0.15, 0.2) is 0 Å². The SMILES string of the molecule is CCCCC(=O)NSS(=O)(=O)[O-].CCCCC(=O)NSS(=O)(=O)[O-].[Ca+2]. The maximum atomic E-state index is 10.7. The first kappa shape index (κ1) is 30.4. The summed E-state index contributed by atoms with van der Waals surface area (Å²) in [6, 6.07) is 0. The zero-order valence-electron chi connectivity index (χ0n) is 13.8. The van der Waals surface area contributed by atoms with Gasteiger partial charge in [0.2, 0.25) is 11.8 Å². The second kappa shape index (κ2) is 16.9. The minimum atomic E-state index is -4.41. The number of hydrogen-bond donors (Lipinski definition) is 2. The number of rotatable bonds is 10. The Kier molecular flexibility index (Phi) is 20.5. The van der Waals surface area contributed by atoms with Crippen LogP contribution in [0.1, 0.15) is 52.4 Å². The third-order valence-electron chi connectivity index (χ3n) is 2.03. The van der Waals surface area contributed by atoms with Crippen LogP contribution in [0.25, 0.3) is 0 Å². The number of unbranched alkanes of at least 4 members (excludes halogenated alkanes) is 2. The van der Waals surface area contributed by atoms with E-state index in [-0.39, 0.29) is 72.5 Å². The fourth-order valence-corrected chi connectivity index (χ4v) is 2.74. The molecule has 25 heavy (non-hydrogen) atoms. The number of nitrogens with one attached hydrogen (secondary N) is 2. The second-order valence-corrected chi connectivity index (χ2v) is 10.1. The molecule has 15 heteroatoms. The summed E-state index contributed by atoms with van der Waals surface area (Å²) in [5.74, 6) is -0.859. The Balaban J connectivity index is -0.000000372. The maximum Gasteiger partial charge on any atom is 2.00 e. The van der Waals surface area contributed by atoms with Crippen molar-refractivity contribution in [2.75, 3.05) is 0 Å². The summed E-state index contributed by atoms with van der Waals surface area (Å²) < 4.78 is 63.9. The van der Waals surface area contributed by atoms with E-state index in [1.165, 1.54) is 0 Å². The molecule has 0 radical (unpaired) electrons. The summed E-state index contributed by atoms with van der Waals surface area (Å²) >= 11 is 0. The van der Waals surface area contributed by atoms with Crippen LogP contribution in [0.5, 0.6) is 0 Å². The molecule has 0 aliphatic rings. The normalized spacial score (nSPS) is 10.7. The van der Waals surface area contributed by atoms with Crippen LogP contribution in [0.2, 0.25) is 0 Å². The molecule has 2 amide bonds. The summed E-state index contributed by atoms with van der Waals surface area (Å²) in [4.78, 5) is 21.4. The minimum absolute atomic E-state index is 0. The zero-order valence-corrected chi connectivity index (χ0v) is 19.3. The Morgan fingerprint density at radius 2 is 1.08 bits per heavy atom. The molecule has 0 aliphatic carbocycles. The van der Waals surface area contributed by atoms with Gasteiger partial charge in [-0.15, -0.1) is 0 Å². The minimum Gasteiger partial charge on any atom is -0.738 e. The molecular weight excluding hydrogens is 444 g/mol. The molecule has 0 atom stereocenters. The molecule has 0 aromatic heterocycles. The molecule has 0 heterocycles. The summed E-state index contributed by atoms with van der Waals surface area (Å²) in [6.45, 7) is 3.82. The van der Waals surface area contributed by atoms with Crippen molar-refractivity contribution in [2.24, 2.45) is 0 Å². The Morgan fingerprint density at radius 1 is 0.800 bits per heavy atom. The van der Waals surface area contributed by atoms with Crippen LogP contribution in [-0.4, -0.2) is 75.5 Å². The molecular formula is C10H20CaN2O8S4. The van der Waals surface area contributed by atoms with E-state index in [0.717, 1.165) is 12.8 Å². The van der Waals surface area contributed by atoms with Gasteiger partial charge in [-0.05, 0) is 12.8 Å². The van der Waals surface area contributed by atoms with Gasteiger partial charge in [0.05, 0.1) is 22.0 Å². The second-order valence-electron chi connectivity index (χ2n) is 4.24. The molecule has 0 aliphatic heterocycles. The van der Waals surface area contributed by atoms with Crippen molar-refractivity contribution in [3.05, 3.63) is 0 Å². The number of hydrogen-bond acceptors (Lipinski definition) is 10. The van der Waals surface area contributed by atoms with Crippen molar-refractivity contribution in [1.82, 2.24) is 9.44 Å². The predicted molar refractivity (Wildman–Crippen MR) is 95.7 cm³/mol. The molecule has 0 spiro atoms. The van der Waals surface area contributed by atoms with Gasteiger partial charge in [-0.25, -0.2) is 16.8 Å². The van der Waals surface area contributed by atoms with Crippen molar-refractivity contribution in [1.29, 1.82) is 0 Å². The van der Waals surface area contributed by atoms with Crippen molar-refractivity contribution in [3.8, 4) is 0 Å². The molecule has 0 saturated heterocycles. The van der Waals surface area contributed by atoms with Gasteiger partial charge in [-0.2, -0.15) is 0 Å². The number of amides is 2. The topological polar surface area (TPSA) is 173 Å². The summed E-state index contributed by atoms with van der Waals surface area (Å²) in [5, 5.41) is 0. The molecule has 0 unspecified atom stereocenters. The van der Waals surface area contributed by atoms with Gasteiger partial charge in [0.25, 0.3) is 0 Å². The zero-order chi connectivity index (χ0) is 19.2. The summed E-state index contributed by atoms with van der Waals surface area (Å²) in [5.41, 5.74) is 0. The monoisotopic (exact) mass is 464 g/mol. The van der Waals surface area contributed by atoms with Crippen LogP contribution in [-0.2, 0) is 27.9 Å². The van der Waals surface area contributed by atoms with Crippen LogP contribution >= 0.6 is 22.0 Å². The summed E-state index contributed by atoms with van der Waals surface area (Å²) in [6.07, 6.45) is 3.57. The first-order chi connectivity index (χ1) is 10.9. The van der Waals surface area contributed by atoms with Gasteiger partial charge in [-0.3, -0.25) is 19.0 Å². The van der Waals surface area contributed by atoms with Crippen LogP contribution < -0.4 is 9.44 Å². The van der Waals surface area contributed by atoms with Crippen LogP contribution in [0, 0.1) is 0 Å². The molecule has 0 aromatic rings. The summed E-state index contributed by atoms with van der Waals surface area (Å²) in [7, 11) is -9.00. The van der Waals surface area contributed by atoms with Gasteiger partial charge in [0.15, 0.2) is 18.3 Å². The average Bonchev–Trinajstić information content (AvgIpc) is 2.46. The van der Waals surface area contributed by atoms with E-state index in [0.29, 0.717) is 12.8 Å². The Labute approximate surface area is 185 Å². The molecule has 144 valence electrons. The average molecular weight is 465 g/mol. The van der Waals surface area contributed by atoms with Gasteiger partial charge in [0, 0.05) is 12.8 Å². The fourth-order valence-electron chi connectivity index (χ4n) is 0.972. The molecule has 0 aromatic carbocycles. The van der Waals surface area contributed by atoms with Gasteiger partial charge < -0.3 is 9.11 Å². The molecule has 2 N–H and O–H groups in total. The number of carbonyl (C=O) groups excluding carboxylic acids is 2.